The van der Waals surface area contributed by atoms with Gasteiger partial charge in [-0.25, -0.2) is 0 Å². The summed E-state index contributed by atoms with van der Waals surface area (Å²) in [6.07, 6.45) is -4.21. The first-order valence-corrected chi connectivity index (χ1v) is 7.62. The van der Waals surface area contributed by atoms with E-state index in [0.717, 1.165) is 24.3 Å². The number of nitrogens with zero attached hydrogens (tertiary/aromatic N) is 2. The zero-order chi connectivity index (χ0) is 15.8. The minimum atomic E-state index is -5.15. The topological polar surface area (TPSA) is 92.8 Å². The maximum Gasteiger partial charge on any atom is 0.474 e. The molecule has 1 saturated carbocycles. The molecular formula is C11H11F3N2O4S. The molecule has 0 unspecified atom stereocenters. The second-order valence-corrected chi connectivity index (χ2v) is 7.30. The van der Waals surface area contributed by atoms with Crippen LogP contribution in [0.2, 0.25) is 0 Å². The van der Waals surface area contributed by atoms with Gasteiger partial charge in [0.2, 0.25) is 0 Å². The van der Waals surface area contributed by atoms with Crippen LogP contribution in [0.15, 0.2) is 33.5 Å². The van der Waals surface area contributed by atoms with E-state index in [2.05, 4.69) is 4.36 Å². The van der Waals surface area contributed by atoms with Gasteiger partial charge in [-0.1, -0.05) is 10.1 Å². The zero-order valence-corrected chi connectivity index (χ0v) is 11.3. The Hall–Kier alpha value is -1.81. The minimum Gasteiger partial charge on any atom is -0.340 e. The molecular weight excluding hydrogens is 313 g/mol. The van der Waals surface area contributed by atoms with Gasteiger partial charge in [0.15, 0.2) is 0 Å². The Bertz CT molecular complexity index is 638. The van der Waals surface area contributed by atoms with E-state index in [1.807, 2.05) is 0 Å². The molecule has 1 aliphatic carbocycles. The number of carbonyl (C=O) groups excluding carboxylic acids is 1. The highest BCUT2D eigenvalue weighted by atomic mass is 32.3. The third-order valence-electron chi connectivity index (χ3n) is 2.98. The highest BCUT2D eigenvalue weighted by Gasteiger charge is 2.42. The number of rotatable bonds is 3. The van der Waals surface area contributed by atoms with E-state index in [1.54, 1.807) is 0 Å². The molecule has 0 spiro atoms. The molecule has 0 saturated heterocycles. The van der Waals surface area contributed by atoms with Gasteiger partial charge in [-0.3, -0.25) is 14.9 Å². The predicted molar refractivity (Wildman–Crippen MR) is 69.3 cm³/mol. The number of amides is 1. The second kappa shape index (κ2) is 5.19. The number of hydrogen-bond acceptors (Lipinski definition) is 3. The van der Waals surface area contributed by atoms with Gasteiger partial charge in [0.25, 0.3) is 5.69 Å². The number of carbonyl (C=O) groups is 1. The normalized spacial score (nSPS) is 16.4. The van der Waals surface area contributed by atoms with Crippen LogP contribution in [0.4, 0.5) is 18.9 Å². The molecule has 2 rings (SSSR count). The fourth-order valence-corrected chi connectivity index (χ4v) is 4.32. The first kappa shape index (κ1) is 15.6. The van der Waals surface area contributed by atoms with E-state index < -0.39 is 32.4 Å². The van der Waals surface area contributed by atoms with Crippen LogP contribution in [-0.4, -0.2) is 26.8 Å². The molecule has 0 aliphatic heterocycles. The fraction of sp³-hybridized carbons (Fsp3) is 0.364. The zero-order valence-electron chi connectivity index (χ0n) is 10.4. The monoisotopic (exact) mass is 324 g/mol. The van der Waals surface area contributed by atoms with Crippen molar-refractivity contribution >= 4 is 21.7 Å². The van der Waals surface area contributed by atoms with Crippen LogP contribution in [0.3, 0.4) is 0 Å². The Morgan fingerprint density at radius 2 is 1.86 bits per heavy atom. The van der Waals surface area contributed by atoms with Crippen molar-refractivity contribution in [2.24, 2.45) is 4.36 Å². The molecule has 1 amide bonds. The van der Waals surface area contributed by atoms with Crippen molar-refractivity contribution < 1.29 is 27.4 Å². The highest BCUT2D eigenvalue weighted by molar-refractivity contribution is 8.01. The predicted octanol–water partition coefficient (Wildman–Crippen LogP) is 2.75. The van der Waals surface area contributed by atoms with E-state index in [-0.39, 0.29) is 10.6 Å². The maximum absolute atomic E-state index is 12.3. The van der Waals surface area contributed by atoms with Gasteiger partial charge in [-0.15, -0.1) is 0 Å². The summed E-state index contributed by atoms with van der Waals surface area (Å²) < 4.78 is 50.4. The molecule has 1 fully saturated rings. The van der Waals surface area contributed by atoms with Gasteiger partial charge in [0.1, 0.15) is 0 Å². The third-order valence-corrected chi connectivity index (χ3v) is 6.06. The number of benzene rings is 1. The Labute approximate surface area is 118 Å². The minimum absolute atomic E-state index is 0.0354. The van der Waals surface area contributed by atoms with E-state index in [9.17, 15) is 32.6 Å². The average Bonchev–Trinajstić information content (AvgIpc) is 3.22. The fourth-order valence-electron chi connectivity index (χ4n) is 1.77. The lowest BCUT2D eigenvalue weighted by Gasteiger charge is -2.23. The molecule has 1 aliphatic rings. The van der Waals surface area contributed by atoms with Crippen LogP contribution in [0.1, 0.15) is 12.8 Å². The van der Waals surface area contributed by atoms with Crippen LogP contribution in [0.5, 0.6) is 0 Å². The lowest BCUT2D eigenvalue weighted by atomic mass is 10.3. The van der Waals surface area contributed by atoms with Crippen molar-refractivity contribution in [1.82, 2.24) is 0 Å². The molecule has 1 N–H and O–H groups in total. The largest absolute Gasteiger partial charge is 0.474 e. The van der Waals surface area contributed by atoms with Crippen molar-refractivity contribution in [1.29, 1.82) is 0 Å². The van der Waals surface area contributed by atoms with E-state index in [0.29, 0.717) is 12.8 Å². The number of non-ortho nitro benzene ring substituents is 1. The number of hydrogen-bond donors (Lipinski definition) is 2. The van der Waals surface area contributed by atoms with Crippen molar-refractivity contribution in [3.8, 4) is 0 Å². The smallest absolute Gasteiger partial charge is 0.340 e. The Morgan fingerprint density at radius 1 is 1.33 bits per heavy atom. The standard InChI is InChI=1S/C11H11F3N2O4S/c12-11(13,14)10(17)15-21(20,9-5-6-9)8-3-1-7(2-4-8)16(18)19/h1-4,9,21H,5-6H2,(H,15,17,20). The van der Waals surface area contributed by atoms with Gasteiger partial charge in [0.05, 0.1) is 4.92 Å². The summed E-state index contributed by atoms with van der Waals surface area (Å²) in [6, 6.07) is 4.43. The quantitative estimate of drug-likeness (QED) is 0.508. The van der Waals surface area contributed by atoms with Crippen LogP contribution in [-0.2, 0) is 14.9 Å². The van der Waals surface area contributed by atoms with E-state index in [1.165, 1.54) is 0 Å². The molecule has 0 radical (unpaired) electrons. The Kier molecular flexibility index (Phi) is 3.85. The summed E-state index contributed by atoms with van der Waals surface area (Å²) in [5.74, 6) is -2.33. The molecule has 10 heteroatoms. The van der Waals surface area contributed by atoms with E-state index in [4.69, 9.17) is 0 Å². The second-order valence-electron chi connectivity index (χ2n) is 4.56. The number of halogens is 3. The first-order chi connectivity index (χ1) is 9.64. The molecule has 0 atom stereocenters. The number of alkyl halides is 3. The summed E-state index contributed by atoms with van der Waals surface area (Å²) in [4.78, 5) is 20.9. The van der Waals surface area contributed by atoms with Crippen molar-refractivity contribution in [2.45, 2.75) is 29.2 Å². The molecule has 0 bridgehead atoms. The first-order valence-electron chi connectivity index (χ1n) is 5.85. The molecule has 1 aromatic carbocycles. The summed E-state index contributed by atoms with van der Waals surface area (Å²) in [5.41, 5.74) is -0.261. The van der Waals surface area contributed by atoms with Gasteiger partial charge in [-0.2, -0.15) is 17.5 Å². The lowest BCUT2D eigenvalue weighted by Crippen LogP contribution is -2.26. The lowest BCUT2D eigenvalue weighted by molar-refractivity contribution is -0.384. The summed E-state index contributed by atoms with van der Waals surface area (Å²) in [7, 11) is -3.65. The average molecular weight is 324 g/mol. The molecule has 1 aromatic rings. The van der Waals surface area contributed by atoms with Gasteiger partial charge < -0.3 is 4.55 Å². The Balaban J connectivity index is 2.45. The molecule has 0 heterocycles. The van der Waals surface area contributed by atoms with Crippen LogP contribution >= 0.6 is 0 Å². The third kappa shape index (κ3) is 3.27. The van der Waals surface area contributed by atoms with Crippen molar-refractivity contribution in [3.63, 3.8) is 0 Å². The molecule has 6 nitrogen and oxygen atoms in total. The molecule has 116 valence electrons. The van der Waals surface area contributed by atoms with Gasteiger partial charge >= 0.3 is 12.1 Å². The van der Waals surface area contributed by atoms with Crippen LogP contribution in [0, 0.1) is 10.1 Å². The summed E-state index contributed by atoms with van der Waals surface area (Å²) in [6.45, 7) is 0. The number of thiol groups is 1. The van der Waals surface area contributed by atoms with Crippen molar-refractivity contribution in [3.05, 3.63) is 34.4 Å². The SMILES string of the molecule is O=C(N=[SH](O)(c1ccc([N+](=O)[O-])cc1)C1CC1)C(F)(F)F. The maximum atomic E-state index is 12.3. The summed E-state index contributed by atoms with van der Waals surface area (Å²) >= 11 is 0. The number of nitro benzene ring substituents is 1. The van der Waals surface area contributed by atoms with Crippen LogP contribution in [0.25, 0.3) is 0 Å². The van der Waals surface area contributed by atoms with Crippen molar-refractivity contribution in [2.75, 3.05) is 0 Å². The molecule has 0 aromatic heterocycles. The highest BCUT2D eigenvalue weighted by Crippen LogP contribution is 2.40. The van der Waals surface area contributed by atoms with Crippen LogP contribution < -0.4 is 0 Å². The Morgan fingerprint density at radius 3 is 2.24 bits per heavy atom. The van der Waals surface area contributed by atoms with Gasteiger partial charge in [-0.05, 0) is 25.0 Å². The number of nitro groups is 1. The molecule has 21 heavy (non-hydrogen) atoms. The van der Waals surface area contributed by atoms with E-state index >= 15 is 0 Å². The summed E-state index contributed by atoms with van der Waals surface area (Å²) in [5, 5.41) is 10.0. The van der Waals surface area contributed by atoms with Gasteiger partial charge in [0, 0.05) is 22.3 Å².